The first-order valence-corrected chi connectivity index (χ1v) is 11.2. The second-order valence-corrected chi connectivity index (χ2v) is 9.05. The van der Waals surface area contributed by atoms with Gasteiger partial charge in [0.15, 0.2) is 6.20 Å². The number of hydrogen-bond donors (Lipinski definition) is 0. The van der Waals surface area contributed by atoms with Crippen LogP contribution in [0.3, 0.4) is 0 Å². The Morgan fingerprint density at radius 2 is 1.73 bits per heavy atom. The molecule has 0 atom stereocenters. The van der Waals surface area contributed by atoms with E-state index >= 15 is 0 Å². The summed E-state index contributed by atoms with van der Waals surface area (Å²) in [6.45, 7) is 6.46. The maximum atomic E-state index is 6.61. The van der Waals surface area contributed by atoms with E-state index in [1.165, 1.54) is 22.4 Å². The molecule has 4 nitrogen and oxygen atoms in total. The average Bonchev–Trinajstić information content (AvgIpc) is 3.47. The van der Waals surface area contributed by atoms with Gasteiger partial charge in [0, 0.05) is 27.8 Å². The molecule has 3 aromatic carbocycles. The van der Waals surface area contributed by atoms with Gasteiger partial charge in [0.05, 0.1) is 11.8 Å². The van der Waals surface area contributed by atoms with Crippen LogP contribution in [0, 0.1) is 20.8 Å². The Morgan fingerprint density at radius 3 is 2.55 bits per heavy atom. The average molecular weight is 432 g/mol. The van der Waals surface area contributed by atoms with Gasteiger partial charge in [-0.2, -0.15) is 0 Å². The van der Waals surface area contributed by atoms with Crippen LogP contribution in [0.1, 0.15) is 16.7 Å². The van der Waals surface area contributed by atoms with Crippen LogP contribution in [0.5, 0.6) is 11.5 Å². The van der Waals surface area contributed by atoms with Gasteiger partial charge in [0.2, 0.25) is 5.69 Å². The lowest BCUT2D eigenvalue weighted by Crippen LogP contribution is -2.32. The fourth-order valence-electron chi connectivity index (χ4n) is 5.32. The molecule has 6 aromatic rings. The molecule has 3 aromatic heterocycles. The number of aromatic nitrogens is 1. The summed E-state index contributed by atoms with van der Waals surface area (Å²) in [5.74, 6) is 2.65. The van der Waals surface area contributed by atoms with Crippen LogP contribution >= 0.6 is 0 Å². The fraction of sp³-hybridized carbons (Fsp3) is 0.138. The van der Waals surface area contributed by atoms with Gasteiger partial charge in [-0.05, 0) is 67.8 Å². The van der Waals surface area contributed by atoms with Gasteiger partial charge >= 0.3 is 0 Å². The summed E-state index contributed by atoms with van der Waals surface area (Å²) in [7, 11) is 2.10. The van der Waals surface area contributed by atoms with E-state index in [0.717, 1.165) is 61.1 Å². The molecule has 33 heavy (non-hydrogen) atoms. The zero-order valence-electron chi connectivity index (χ0n) is 18.9. The number of nitrogens with zero attached hydrogens (tertiary/aromatic N) is 1. The van der Waals surface area contributed by atoms with Gasteiger partial charge in [-0.1, -0.05) is 12.1 Å². The van der Waals surface area contributed by atoms with Crippen LogP contribution < -0.4 is 9.30 Å². The second kappa shape index (κ2) is 6.26. The zero-order chi connectivity index (χ0) is 22.4. The Hall–Kier alpha value is -4.05. The van der Waals surface area contributed by atoms with E-state index in [1.807, 2.05) is 12.1 Å². The summed E-state index contributed by atoms with van der Waals surface area (Å²) in [6, 6.07) is 16.6. The van der Waals surface area contributed by atoms with Crippen molar-refractivity contribution in [3.8, 4) is 34.1 Å². The van der Waals surface area contributed by atoms with Crippen molar-refractivity contribution in [2.75, 3.05) is 0 Å². The smallest absolute Gasteiger partial charge is 0.228 e. The molecule has 0 saturated heterocycles. The molecule has 0 bridgehead atoms. The molecule has 4 heteroatoms. The topological polar surface area (TPSA) is 39.4 Å². The predicted molar refractivity (Wildman–Crippen MR) is 130 cm³/mol. The summed E-state index contributed by atoms with van der Waals surface area (Å²) >= 11 is 0. The molecule has 1 aliphatic rings. The molecule has 0 fully saturated rings. The normalized spacial score (nSPS) is 12.5. The van der Waals surface area contributed by atoms with Crippen molar-refractivity contribution in [3.63, 3.8) is 0 Å². The summed E-state index contributed by atoms with van der Waals surface area (Å²) in [5.41, 5.74) is 8.73. The van der Waals surface area contributed by atoms with Gasteiger partial charge in [-0.25, -0.2) is 4.57 Å². The fourth-order valence-corrected chi connectivity index (χ4v) is 5.32. The van der Waals surface area contributed by atoms with Crippen LogP contribution in [0.25, 0.3) is 55.3 Å². The number of ether oxygens (including phenoxy) is 1. The van der Waals surface area contributed by atoms with Crippen molar-refractivity contribution in [1.82, 2.24) is 0 Å². The van der Waals surface area contributed by atoms with Crippen molar-refractivity contribution in [1.29, 1.82) is 0 Å². The third kappa shape index (κ3) is 2.38. The van der Waals surface area contributed by atoms with E-state index in [2.05, 4.69) is 75.0 Å². The molecule has 0 spiro atoms. The van der Waals surface area contributed by atoms with Crippen molar-refractivity contribution in [2.24, 2.45) is 7.05 Å². The lowest BCUT2D eigenvalue weighted by atomic mass is 9.90. The summed E-state index contributed by atoms with van der Waals surface area (Å²) in [5, 5.41) is 4.29. The third-order valence-electron chi connectivity index (χ3n) is 7.06. The highest BCUT2D eigenvalue weighted by atomic mass is 16.5. The third-order valence-corrected chi connectivity index (χ3v) is 7.06. The molecular formula is C29H22NO3+. The monoisotopic (exact) mass is 432 g/mol. The van der Waals surface area contributed by atoms with Gasteiger partial charge in [0.1, 0.15) is 40.9 Å². The molecule has 160 valence electrons. The summed E-state index contributed by atoms with van der Waals surface area (Å²) in [6.07, 6.45) is 3.81. The van der Waals surface area contributed by atoms with Crippen molar-refractivity contribution in [2.45, 2.75) is 20.8 Å². The Kier molecular flexibility index (Phi) is 3.51. The highest BCUT2D eigenvalue weighted by molar-refractivity contribution is 6.19. The molecule has 4 heterocycles. The number of pyridine rings is 1. The minimum atomic E-state index is 0.829. The van der Waals surface area contributed by atoms with Crippen molar-refractivity contribution >= 4 is 32.7 Å². The highest BCUT2D eigenvalue weighted by Crippen LogP contribution is 2.51. The maximum absolute atomic E-state index is 6.61. The first-order chi connectivity index (χ1) is 16.0. The van der Waals surface area contributed by atoms with Crippen LogP contribution in [0.15, 0.2) is 69.8 Å². The SMILES string of the molecule is Cc1cc(C)c2c(c1C)-c1c3c(cc4c5ccc(-c6ccco6)cc5oc4c3cc[n+]1C)O2. The van der Waals surface area contributed by atoms with E-state index in [9.17, 15) is 0 Å². The van der Waals surface area contributed by atoms with E-state index in [4.69, 9.17) is 13.6 Å². The second-order valence-electron chi connectivity index (χ2n) is 9.05. The minimum Gasteiger partial charge on any atom is -0.464 e. The summed E-state index contributed by atoms with van der Waals surface area (Å²) < 4.78 is 20.9. The lowest BCUT2D eigenvalue weighted by Gasteiger charge is -2.23. The molecular weight excluding hydrogens is 410 g/mol. The van der Waals surface area contributed by atoms with Gasteiger partial charge in [-0.3, -0.25) is 0 Å². The van der Waals surface area contributed by atoms with Gasteiger partial charge in [0.25, 0.3) is 0 Å². The quantitative estimate of drug-likeness (QED) is 0.252. The molecule has 0 unspecified atom stereocenters. The molecule has 0 amide bonds. The maximum Gasteiger partial charge on any atom is 0.228 e. The van der Waals surface area contributed by atoms with Crippen molar-refractivity contribution in [3.05, 3.63) is 77.7 Å². The first kappa shape index (κ1) is 18.5. The Balaban J connectivity index is 1.60. The molecule has 0 aliphatic carbocycles. The Morgan fingerprint density at radius 1 is 0.848 bits per heavy atom. The van der Waals surface area contributed by atoms with Crippen LogP contribution in [-0.2, 0) is 7.05 Å². The number of fused-ring (bicyclic) bond motifs is 6. The van der Waals surface area contributed by atoms with E-state index in [1.54, 1.807) is 6.26 Å². The molecule has 0 saturated carbocycles. The minimum absolute atomic E-state index is 0.829. The van der Waals surface area contributed by atoms with Crippen LogP contribution in [0.4, 0.5) is 0 Å². The summed E-state index contributed by atoms with van der Waals surface area (Å²) in [4.78, 5) is 0. The lowest BCUT2D eigenvalue weighted by molar-refractivity contribution is -0.659. The van der Waals surface area contributed by atoms with E-state index in [-0.39, 0.29) is 0 Å². The standard InChI is InChI=1S/C29H22NO3/c1-15-12-16(2)28-25(17(15)3)27-26-20(9-10-30(27)4)29-21(14-24(26)33-28)19-8-7-18(13-23(19)32-29)22-6-5-11-31-22/h5-14H,1-4H3/q+1. The first-order valence-electron chi connectivity index (χ1n) is 11.2. The van der Waals surface area contributed by atoms with E-state index in [0.29, 0.717) is 0 Å². The molecule has 0 radical (unpaired) electrons. The number of benzene rings is 3. The largest absolute Gasteiger partial charge is 0.464 e. The van der Waals surface area contributed by atoms with E-state index < -0.39 is 0 Å². The van der Waals surface area contributed by atoms with Crippen LogP contribution in [0.2, 0.25) is 0 Å². The number of rotatable bonds is 1. The van der Waals surface area contributed by atoms with Gasteiger partial charge < -0.3 is 13.6 Å². The van der Waals surface area contributed by atoms with Gasteiger partial charge in [-0.15, -0.1) is 0 Å². The Labute approximate surface area is 190 Å². The van der Waals surface area contributed by atoms with Crippen molar-refractivity contribution < 1.29 is 18.1 Å². The zero-order valence-corrected chi connectivity index (χ0v) is 18.9. The molecule has 1 aliphatic heterocycles. The predicted octanol–water partition coefficient (Wildman–Crippen LogP) is 7.52. The number of furan rings is 2. The van der Waals surface area contributed by atoms with Crippen LogP contribution in [-0.4, -0.2) is 0 Å². The molecule has 0 N–H and O–H groups in total. The number of aryl methyl sites for hydroxylation is 3. The Bertz CT molecular complexity index is 1770. The number of hydrogen-bond acceptors (Lipinski definition) is 3. The highest BCUT2D eigenvalue weighted by Gasteiger charge is 2.32. The molecule has 7 rings (SSSR count).